The van der Waals surface area contributed by atoms with Gasteiger partial charge in [-0.05, 0) is 29.8 Å². The molecule has 1 aromatic carbocycles. The van der Waals surface area contributed by atoms with Crippen molar-refractivity contribution in [1.82, 2.24) is 9.97 Å². The van der Waals surface area contributed by atoms with E-state index in [4.69, 9.17) is 40.5 Å². The normalized spacial score (nSPS) is 11.3. The average molecular weight is 354 g/mol. The molecule has 1 heterocycles. The van der Waals surface area contributed by atoms with Crippen molar-refractivity contribution in [2.45, 2.75) is 4.90 Å². The van der Waals surface area contributed by atoms with Crippen LogP contribution >= 0.6 is 34.8 Å². The first-order chi connectivity index (χ1) is 9.28. The van der Waals surface area contributed by atoms with E-state index in [1.165, 1.54) is 24.3 Å². The summed E-state index contributed by atoms with van der Waals surface area (Å²) in [4.78, 5) is 7.25. The van der Waals surface area contributed by atoms with E-state index in [1.54, 1.807) is 0 Å². The van der Waals surface area contributed by atoms with Crippen molar-refractivity contribution in [2.24, 2.45) is 0 Å². The van der Waals surface area contributed by atoms with Crippen LogP contribution in [0, 0.1) is 0 Å². The second kappa shape index (κ2) is 5.61. The third kappa shape index (κ3) is 3.43. The standard InChI is InChI=1S/C10H7Cl3N4O2S/c11-6-2-1-5(3-7(6)14)20(18,19)17-9-4-8(12)15-10(13)16-9/h1-4H,14H2,(H,15,16,17). The molecule has 10 heteroatoms. The van der Waals surface area contributed by atoms with Gasteiger partial charge < -0.3 is 5.73 Å². The highest BCUT2D eigenvalue weighted by atomic mass is 35.5. The molecule has 3 N–H and O–H groups in total. The molecule has 2 aromatic rings. The molecule has 0 bridgehead atoms. The van der Waals surface area contributed by atoms with E-state index in [2.05, 4.69) is 14.7 Å². The van der Waals surface area contributed by atoms with Crippen LogP contribution in [0.3, 0.4) is 0 Å². The monoisotopic (exact) mass is 352 g/mol. The van der Waals surface area contributed by atoms with Crippen LogP contribution in [0.15, 0.2) is 29.2 Å². The molecule has 0 fully saturated rings. The van der Waals surface area contributed by atoms with E-state index in [9.17, 15) is 8.42 Å². The summed E-state index contributed by atoms with van der Waals surface area (Å²) in [6.07, 6.45) is 0. The van der Waals surface area contributed by atoms with E-state index < -0.39 is 10.0 Å². The van der Waals surface area contributed by atoms with Gasteiger partial charge in [-0.3, -0.25) is 4.72 Å². The summed E-state index contributed by atoms with van der Waals surface area (Å²) in [7, 11) is -3.88. The smallest absolute Gasteiger partial charge is 0.263 e. The van der Waals surface area contributed by atoms with Crippen molar-refractivity contribution in [2.75, 3.05) is 10.5 Å². The van der Waals surface area contributed by atoms with Crippen molar-refractivity contribution >= 4 is 56.3 Å². The number of nitrogen functional groups attached to an aromatic ring is 1. The molecule has 0 radical (unpaired) electrons. The highest BCUT2D eigenvalue weighted by molar-refractivity contribution is 7.92. The molecule has 0 amide bonds. The summed E-state index contributed by atoms with van der Waals surface area (Å²) in [5.74, 6) is -0.0523. The third-order valence-corrected chi connectivity index (χ3v) is 4.24. The number of nitrogens with zero attached hydrogens (tertiary/aromatic N) is 2. The van der Waals surface area contributed by atoms with Gasteiger partial charge in [0.2, 0.25) is 5.28 Å². The molecule has 0 aliphatic heterocycles. The van der Waals surface area contributed by atoms with Gasteiger partial charge in [-0.15, -0.1) is 0 Å². The lowest BCUT2D eigenvalue weighted by Crippen LogP contribution is -2.14. The number of hydrogen-bond acceptors (Lipinski definition) is 5. The summed E-state index contributed by atoms with van der Waals surface area (Å²) in [5.41, 5.74) is 5.71. The Morgan fingerprint density at radius 2 is 1.80 bits per heavy atom. The maximum Gasteiger partial charge on any atom is 0.263 e. The number of benzene rings is 1. The second-order valence-corrected chi connectivity index (χ2v) is 6.45. The molecule has 106 valence electrons. The van der Waals surface area contributed by atoms with E-state index in [-0.39, 0.29) is 31.9 Å². The molecule has 0 atom stereocenters. The van der Waals surface area contributed by atoms with E-state index in [0.717, 1.165) is 0 Å². The Labute approximate surface area is 129 Å². The van der Waals surface area contributed by atoms with Crippen LogP contribution in [-0.4, -0.2) is 18.4 Å². The predicted octanol–water partition coefficient (Wildman–Crippen LogP) is 2.82. The SMILES string of the molecule is Nc1cc(S(=O)(=O)Nc2cc(Cl)nc(Cl)n2)ccc1Cl. The van der Waals surface area contributed by atoms with Crippen LogP contribution in [0.4, 0.5) is 11.5 Å². The van der Waals surface area contributed by atoms with Crippen molar-refractivity contribution in [3.8, 4) is 0 Å². The van der Waals surface area contributed by atoms with Crippen molar-refractivity contribution in [3.63, 3.8) is 0 Å². The summed E-state index contributed by atoms with van der Waals surface area (Å²) in [6.45, 7) is 0. The number of sulfonamides is 1. The zero-order chi connectivity index (χ0) is 14.9. The Morgan fingerprint density at radius 1 is 1.10 bits per heavy atom. The largest absolute Gasteiger partial charge is 0.397 e. The van der Waals surface area contributed by atoms with Crippen LogP contribution in [0.25, 0.3) is 0 Å². The van der Waals surface area contributed by atoms with Crippen molar-refractivity contribution in [1.29, 1.82) is 0 Å². The van der Waals surface area contributed by atoms with Gasteiger partial charge in [0, 0.05) is 6.07 Å². The number of rotatable bonds is 3. The molecule has 1 aromatic heterocycles. The predicted molar refractivity (Wildman–Crippen MR) is 78.7 cm³/mol. The van der Waals surface area contributed by atoms with Gasteiger partial charge in [-0.1, -0.05) is 23.2 Å². The van der Waals surface area contributed by atoms with Crippen LogP contribution < -0.4 is 10.5 Å². The lowest BCUT2D eigenvalue weighted by Gasteiger charge is -2.08. The zero-order valence-corrected chi connectivity index (χ0v) is 12.7. The highest BCUT2D eigenvalue weighted by Crippen LogP contribution is 2.24. The van der Waals surface area contributed by atoms with Gasteiger partial charge in [-0.25, -0.2) is 13.4 Å². The first-order valence-corrected chi connectivity index (χ1v) is 7.67. The fourth-order valence-electron chi connectivity index (χ4n) is 1.33. The van der Waals surface area contributed by atoms with E-state index in [0.29, 0.717) is 0 Å². The van der Waals surface area contributed by atoms with Crippen LogP contribution in [0.2, 0.25) is 15.5 Å². The number of hydrogen-bond donors (Lipinski definition) is 2. The van der Waals surface area contributed by atoms with Crippen molar-refractivity contribution in [3.05, 3.63) is 39.7 Å². The molecule has 6 nitrogen and oxygen atoms in total. The van der Waals surface area contributed by atoms with E-state index >= 15 is 0 Å². The van der Waals surface area contributed by atoms with Gasteiger partial charge in [0.1, 0.15) is 11.0 Å². The third-order valence-electron chi connectivity index (χ3n) is 2.18. The number of aromatic nitrogens is 2. The van der Waals surface area contributed by atoms with Gasteiger partial charge in [0.05, 0.1) is 15.6 Å². The van der Waals surface area contributed by atoms with Gasteiger partial charge in [-0.2, -0.15) is 4.98 Å². The molecule has 2 rings (SSSR count). The summed E-state index contributed by atoms with van der Waals surface area (Å²) in [5, 5.41) is 0.0983. The van der Waals surface area contributed by atoms with Gasteiger partial charge >= 0.3 is 0 Å². The Balaban J connectivity index is 2.37. The Bertz CT molecular complexity index is 747. The summed E-state index contributed by atoms with van der Waals surface area (Å²) < 4.78 is 26.5. The quantitative estimate of drug-likeness (QED) is 0.502. The summed E-state index contributed by atoms with van der Waals surface area (Å²) in [6, 6.07) is 5.15. The molecule has 0 saturated carbocycles. The maximum atomic E-state index is 12.1. The lowest BCUT2D eigenvalue weighted by molar-refractivity contribution is 0.601. The fourth-order valence-corrected chi connectivity index (χ4v) is 2.88. The first kappa shape index (κ1) is 15.1. The van der Waals surface area contributed by atoms with Crippen molar-refractivity contribution < 1.29 is 8.42 Å². The van der Waals surface area contributed by atoms with Crippen LogP contribution in [0.5, 0.6) is 0 Å². The minimum absolute atomic E-state index is 0.0123. The van der Waals surface area contributed by atoms with Gasteiger partial charge in [0.25, 0.3) is 10.0 Å². The van der Waals surface area contributed by atoms with Crippen LogP contribution in [0.1, 0.15) is 0 Å². The van der Waals surface area contributed by atoms with Crippen LogP contribution in [-0.2, 0) is 10.0 Å². The molecule has 0 saturated heterocycles. The Hall–Kier alpha value is -1.28. The fraction of sp³-hybridized carbons (Fsp3) is 0. The molecular weight excluding hydrogens is 347 g/mol. The lowest BCUT2D eigenvalue weighted by atomic mass is 10.3. The average Bonchev–Trinajstić information content (AvgIpc) is 2.30. The highest BCUT2D eigenvalue weighted by Gasteiger charge is 2.17. The Morgan fingerprint density at radius 3 is 2.40 bits per heavy atom. The Kier molecular flexibility index (Phi) is 4.24. The molecular formula is C10H7Cl3N4O2S. The number of anilines is 2. The first-order valence-electron chi connectivity index (χ1n) is 5.06. The molecule has 0 aliphatic carbocycles. The second-order valence-electron chi connectivity index (χ2n) is 3.63. The number of nitrogens with two attached hydrogens (primary N) is 1. The van der Waals surface area contributed by atoms with E-state index in [1.807, 2.05) is 0 Å². The maximum absolute atomic E-state index is 12.1. The summed E-state index contributed by atoms with van der Waals surface area (Å²) >= 11 is 17.0. The number of nitrogens with one attached hydrogen (secondary N) is 1. The number of halogens is 3. The minimum atomic E-state index is -3.88. The molecule has 0 unspecified atom stereocenters. The zero-order valence-electron chi connectivity index (χ0n) is 9.64. The van der Waals surface area contributed by atoms with Gasteiger partial charge in [0.15, 0.2) is 0 Å². The molecule has 0 aliphatic rings. The topological polar surface area (TPSA) is 98.0 Å². The minimum Gasteiger partial charge on any atom is -0.397 e. The molecule has 0 spiro atoms. The molecule has 20 heavy (non-hydrogen) atoms.